The second-order valence-electron chi connectivity index (χ2n) is 8.93. The van der Waals surface area contributed by atoms with Gasteiger partial charge >= 0.3 is 6.18 Å². The maximum absolute atomic E-state index is 13.4. The molecule has 3 aromatic rings. The van der Waals surface area contributed by atoms with Gasteiger partial charge in [-0.1, -0.05) is 29.8 Å². The number of alkyl halides is 3. The summed E-state index contributed by atoms with van der Waals surface area (Å²) in [6.45, 7) is 1.51. The quantitative estimate of drug-likeness (QED) is 0.376. The van der Waals surface area contributed by atoms with Gasteiger partial charge < -0.3 is 14.8 Å². The molecule has 38 heavy (non-hydrogen) atoms. The summed E-state index contributed by atoms with van der Waals surface area (Å²) in [5, 5.41) is 3.96. The molecule has 2 N–H and O–H groups in total. The van der Waals surface area contributed by atoms with E-state index in [1.165, 1.54) is 23.3 Å². The molecule has 198 valence electrons. The smallest absolute Gasteiger partial charge is 0.409 e. The van der Waals surface area contributed by atoms with Crippen LogP contribution in [0.3, 0.4) is 0 Å². The molecule has 7 nitrogen and oxygen atoms in total. The Hall–Kier alpha value is -3.76. The number of hydrogen-bond donors (Lipinski definition) is 2. The third-order valence-corrected chi connectivity index (χ3v) is 6.64. The molecule has 11 heteroatoms. The fourth-order valence-corrected chi connectivity index (χ4v) is 4.72. The van der Waals surface area contributed by atoms with E-state index in [0.717, 1.165) is 35.9 Å². The van der Waals surface area contributed by atoms with Gasteiger partial charge in [0.15, 0.2) is 6.61 Å². The van der Waals surface area contributed by atoms with E-state index in [9.17, 15) is 18.0 Å². The van der Waals surface area contributed by atoms with Gasteiger partial charge in [-0.15, -0.1) is 0 Å². The normalized spacial score (nSPS) is 16.7. The fourth-order valence-electron chi connectivity index (χ4n) is 4.50. The number of fused-ring (bicyclic) bond motifs is 1. The Balaban J connectivity index is 1.29. The van der Waals surface area contributed by atoms with Crippen molar-refractivity contribution in [1.29, 1.82) is 0 Å². The molecule has 5 rings (SSSR count). The maximum Gasteiger partial charge on any atom is 0.409 e. The Morgan fingerprint density at radius 2 is 1.95 bits per heavy atom. The summed E-state index contributed by atoms with van der Waals surface area (Å²) in [6.07, 6.45) is 0.762. The SMILES string of the molecule is Cc1ccc(Oc2ncccc2NC(=O)COC2=CC(C(F)(F)F)NN2c2ccccc2Cl)c2c1CCC2. The van der Waals surface area contributed by atoms with E-state index in [4.69, 9.17) is 21.1 Å². The van der Waals surface area contributed by atoms with Crippen LogP contribution >= 0.6 is 11.6 Å². The van der Waals surface area contributed by atoms with Gasteiger partial charge in [0, 0.05) is 12.3 Å². The van der Waals surface area contributed by atoms with Crippen molar-refractivity contribution in [3.63, 3.8) is 0 Å². The van der Waals surface area contributed by atoms with Gasteiger partial charge in [-0.05, 0) is 73.2 Å². The molecule has 1 atom stereocenters. The average molecular weight is 545 g/mol. The topological polar surface area (TPSA) is 75.7 Å². The number of benzene rings is 2. The van der Waals surface area contributed by atoms with Crippen LogP contribution in [0.2, 0.25) is 5.02 Å². The van der Waals surface area contributed by atoms with Crippen molar-refractivity contribution in [1.82, 2.24) is 10.4 Å². The lowest BCUT2D eigenvalue weighted by molar-refractivity contribution is -0.142. The van der Waals surface area contributed by atoms with E-state index >= 15 is 0 Å². The molecule has 2 aromatic carbocycles. The number of amides is 1. The second kappa shape index (κ2) is 10.5. The van der Waals surface area contributed by atoms with Crippen LogP contribution in [0.4, 0.5) is 24.5 Å². The molecule has 2 heterocycles. The van der Waals surface area contributed by atoms with Crippen LogP contribution in [0.1, 0.15) is 23.1 Å². The van der Waals surface area contributed by atoms with Crippen molar-refractivity contribution in [2.24, 2.45) is 0 Å². The molecule has 1 aliphatic heterocycles. The number of para-hydroxylation sites is 1. The van der Waals surface area contributed by atoms with Crippen molar-refractivity contribution < 1.29 is 27.4 Å². The highest BCUT2D eigenvalue weighted by Crippen LogP contribution is 2.37. The van der Waals surface area contributed by atoms with Crippen molar-refractivity contribution in [2.75, 3.05) is 16.9 Å². The monoisotopic (exact) mass is 544 g/mol. The molecule has 1 amide bonds. The lowest BCUT2D eigenvalue weighted by Gasteiger charge is -2.25. The minimum absolute atomic E-state index is 0.201. The van der Waals surface area contributed by atoms with Crippen LogP contribution in [-0.2, 0) is 22.4 Å². The minimum Gasteiger partial charge on any atom is -0.468 e. The molecule has 0 bridgehead atoms. The summed E-state index contributed by atoms with van der Waals surface area (Å²) < 4.78 is 51.8. The zero-order valence-corrected chi connectivity index (χ0v) is 21.1. The van der Waals surface area contributed by atoms with Gasteiger partial charge in [-0.25, -0.2) is 15.4 Å². The standard InChI is InChI=1S/C27H24ClF3N4O3/c1-16-11-12-22(18-7-4-6-17(16)18)38-26-20(9-5-13-32-26)33-24(36)15-37-25-14-23(27(29,30)31)34-35(25)21-10-3-2-8-19(21)28/h2-3,5,8-14,23,34H,4,6-7,15H2,1H3,(H,33,36). The number of hydrazine groups is 1. The van der Waals surface area contributed by atoms with E-state index < -0.39 is 24.7 Å². The molecule has 0 saturated carbocycles. The van der Waals surface area contributed by atoms with Crippen LogP contribution in [0.15, 0.2) is 66.7 Å². The highest BCUT2D eigenvalue weighted by molar-refractivity contribution is 6.33. The number of carbonyl (C=O) groups excluding carboxylic acids is 1. The van der Waals surface area contributed by atoms with Crippen molar-refractivity contribution >= 4 is 28.9 Å². The number of hydrogen-bond acceptors (Lipinski definition) is 6. The van der Waals surface area contributed by atoms with Gasteiger partial charge in [-0.2, -0.15) is 13.2 Å². The zero-order chi connectivity index (χ0) is 26.9. The van der Waals surface area contributed by atoms with E-state index in [1.807, 2.05) is 12.1 Å². The number of nitrogens with one attached hydrogen (secondary N) is 2. The maximum atomic E-state index is 13.4. The molecule has 2 aliphatic rings. The second-order valence-corrected chi connectivity index (χ2v) is 9.33. The summed E-state index contributed by atoms with van der Waals surface area (Å²) >= 11 is 6.18. The summed E-state index contributed by atoms with van der Waals surface area (Å²) in [7, 11) is 0. The predicted octanol–water partition coefficient (Wildman–Crippen LogP) is 6.08. The Morgan fingerprint density at radius 3 is 2.74 bits per heavy atom. The zero-order valence-electron chi connectivity index (χ0n) is 20.3. The first kappa shape index (κ1) is 25.9. The van der Waals surface area contributed by atoms with Gasteiger partial charge in [0.2, 0.25) is 11.8 Å². The summed E-state index contributed by atoms with van der Waals surface area (Å²) in [5.41, 5.74) is 6.50. The van der Waals surface area contributed by atoms with E-state index in [-0.39, 0.29) is 22.5 Å². The first-order chi connectivity index (χ1) is 18.2. The molecular weight excluding hydrogens is 521 g/mol. The number of anilines is 2. The lowest BCUT2D eigenvalue weighted by atomic mass is 10.0. The van der Waals surface area contributed by atoms with Crippen molar-refractivity contribution in [3.8, 4) is 11.6 Å². The number of ether oxygens (including phenoxy) is 2. The summed E-state index contributed by atoms with van der Waals surface area (Å²) in [4.78, 5) is 17.0. The number of aryl methyl sites for hydroxylation is 1. The van der Waals surface area contributed by atoms with Crippen LogP contribution in [-0.4, -0.2) is 29.7 Å². The molecule has 0 fully saturated rings. The van der Waals surface area contributed by atoms with Gasteiger partial charge in [-0.3, -0.25) is 4.79 Å². The summed E-state index contributed by atoms with van der Waals surface area (Å²) in [5.74, 6) is 0.0839. The molecule has 1 aromatic heterocycles. The van der Waals surface area contributed by atoms with Crippen LogP contribution in [0.5, 0.6) is 11.6 Å². The minimum atomic E-state index is -4.58. The number of aromatic nitrogens is 1. The van der Waals surface area contributed by atoms with Gasteiger partial charge in [0.25, 0.3) is 5.91 Å². The van der Waals surface area contributed by atoms with E-state index in [1.54, 1.807) is 30.5 Å². The lowest BCUT2D eigenvalue weighted by Crippen LogP contribution is -2.45. The van der Waals surface area contributed by atoms with Gasteiger partial charge in [0.05, 0.1) is 10.7 Å². The summed E-state index contributed by atoms with van der Waals surface area (Å²) in [6, 6.07) is 11.5. The Labute approximate surface area is 222 Å². The first-order valence-corrected chi connectivity index (χ1v) is 12.3. The largest absolute Gasteiger partial charge is 0.468 e. The number of carbonyl (C=O) groups is 1. The van der Waals surface area contributed by atoms with Crippen LogP contribution < -0.4 is 20.5 Å². The third kappa shape index (κ3) is 5.41. The number of halogens is 4. The molecule has 1 unspecified atom stereocenters. The fraction of sp³-hybridized carbons (Fsp3) is 0.259. The Kier molecular flexibility index (Phi) is 7.18. The van der Waals surface area contributed by atoms with E-state index in [2.05, 4.69) is 22.7 Å². The molecular formula is C27H24ClF3N4O3. The Bertz CT molecular complexity index is 1400. The highest BCUT2D eigenvalue weighted by atomic mass is 35.5. The highest BCUT2D eigenvalue weighted by Gasteiger charge is 2.44. The van der Waals surface area contributed by atoms with Crippen molar-refractivity contribution in [3.05, 3.63) is 88.4 Å². The predicted molar refractivity (Wildman–Crippen MR) is 137 cm³/mol. The van der Waals surface area contributed by atoms with Gasteiger partial charge in [0.1, 0.15) is 17.5 Å². The van der Waals surface area contributed by atoms with Crippen LogP contribution in [0.25, 0.3) is 0 Å². The Morgan fingerprint density at radius 1 is 1.16 bits per heavy atom. The first-order valence-electron chi connectivity index (χ1n) is 12.0. The molecule has 0 spiro atoms. The number of nitrogens with zero attached hydrogens (tertiary/aromatic N) is 2. The average Bonchev–Trinajstić information content (AvgIpc) is 3.54. The molecule has 1 aliphatic carbocycles. The van der Waals surface area contributed by atoms with Crippen molar-refractivity contribution in [2.45, 2.75) is 38.4 Å². The number of rotatable bonds is 7. The third-order valence-electron chi connectivity index (χ3n) is 6.32. The molecule has 0 saturated heterocycles. The van der Waals surface area contributed by atoms with Crippen LogP contribution in [0, 0.1) is 6.92 Å². The molecule has 0 radical (unpaired) electrons. The van der Waals surface area contributed by atoms with E-state index in [0.29, 0.717) is 11.4 Å². The number of pyridine rings is 1.